The second-order valence-electron chi connectivity index (χ2n) is 5.82. The Balaban J connectivity index is 2.25. The maximum atomic E-state index is 3.30. The van der Waals surface area contributed by atoms with Crippen molar-refractivity contribution in [1.29, 1.82) is 0 Å². The van der Waals surface area contributed by atoms with Gasteiger partial charge in [0.1, 0.15) is 0 Å². The molecular formula is C14H31N3. The Morgan fingerprint density at radius 1 is 1.47 bits per heavy atom. The summed E-state index contributed by atoms with van der Waals surface area (Å²) < 4.78 is 0. The van der Waals surface area contributed by atoms with Gasteiger partial charge in [0.15, 0.2) is 0 Å². The number of nitrogens with one attached hydrogen (secondary N) is 1. The molecule has 1 heterocycles. The maximum absolute atomic E-state index is 3.30. The minimum absolute atomic E-state index is 0.798. The number of hydrogen-bond donors (Lipinski definition) is 1. The van der Waals surface area contributed by atoms with Crippen molar-refractivity contribution >= 4 is 0 Å². The van der Waals surface area contributed by atoms with E-state index in [9.17, 15) is 0 Å². The zero-order valence-corrected chi connectivity index (χ0v) is 12.2. The van der Waals surface area contributed by atoms with Gasteiger partial charge in [-0.15, -0.1) is 0 Å². The molecule has 17 heavy (non-hydrogen) atoms. The molecule has 0 saturated carbocycles. The van der Waals surface area contributed by atoms with Crippen LogP contribution in [0.1, 0.15) is 26.2 Å². The number of likely N-dealkylation sites (tertiary alicyclic amines) is 1. The Morgan fingerprint density at radius 3 is 2.82 bits per heavy atom. The van der Waals surface area contributed by atoms with Crippen LogP contribution in [0, 0.1) is 11.8 Å². The van der Waals surface area contributed by atoms with E-state index in [1.54, 1.807) is 0 Å². The van der Waals surface area contributed by atoms with Crippen molar-refractivity contribution in [1.82, 2.24) is 15.1 Å². The molecule has 102 valence electrons. The molecule has 1 aliphatic heterocycles. The smallest absolute Gasteiger partial charge is 0.00190 e. The first kappa shape index (κ1) is 14.9. The maximum Gasteiger partial charge on any atom is 0.00190 e. The third-order valence-corrected chi connectivity index (χ3v) is 3.93. The molecule has 3 heteroatoms. The first-order chi connectivity index (χ1) is 8.15. The van der Waals surface area contributed by atoms with Gasteiger partial charge in [-0.1, -0.05) is 13.3 Å². The van der Waals surface area contributed by atoms with Gasteiger partial charge in [-0.2, -0.15) is 0 Å². The molecule has 2 atom stereocenters. The predicted molar refractivity (Wildman–Crippen MR) is 75.4 cm³/mol. The molecule has 0 amide bonds. The second kappa shape index (κ2) is 8.06. The fourth-order valence-electron chi connectivity index (χ4n) is 3.00. The van der Waals surface area contributed by atoms with E-state index < -0.39 is 0 Å². The molecule has 0 aromatic carbocycles. The molecular weight excluding hydrogens is 210 g/mol. The van der Waals surface area contributed by atoms with Crippen molar-refractivity contribution in [2.24, 2.45) is 11.8 Å². The van der Waals surface area contributed by atoms with Crippen LogP contribution >= 0.6 is 0 Å². The van der Waals surface area contributed by atoms with Crippen LogP contribution in [-0.4, -0.2) is 63.7 Å². The Labute approximate surface area is 108 Å². The highest BCUT2D eigenvalue weighted by molar-refractivity contribution is 4.74. The van der Waals surface area contributed by atoms with Crippen molar-refractivity contribution < 1.29 is 0 Å². The van der Waals surface area contributed by atoms with Crippen LogP contribution in [0.3, 0.4) is 0 Å². The van der Waals surface area contributed by atoms with Gasteiger partial charge in [-0.05, 0) is 58.9 Å². The lowest BCUT2D eigenvalue weighted by atomic mass is 9.97. The van der Waals surface area contributed by atoms with Gasteiger partial charge < -0.3 is 15.1 Å². The van der Waals surface area contributed by atoms with Gasteiger partial charge in [-0.25, -0.2) is 0 Å². The zero-order valence-electron chi connectivity index (χ0n) is 12.2. The van der Waals surface area contributed by atoms with E-state index in [-0.39, 0.29) is 0 Å². The van der Waals surface area contributed by atoms with Gasteiger partial charge >= 0.3 is 0 Å². The summed E-state index contributed by atoms with van der Waals surface area (Å²) in [6, 6.07) is 0. The quantitative estimate of drug-likeness (QED) is 0.729. The molecule has 0 spiro atoms. The number of piperidine rings is 1. The summed E-state index contributed by atoms with van der Waals surface area (Å²) in [4.78, 5) is 5.02. The monoisotopic (exact) mass is 241 g/mol. The van der Waals surface area contributed by atoms with Gasteiger partial charge in [0.05, 0.1) is 0 Å². The van der Waals surface area contributed by atoms with E-state index in [2.05, 4.69) is 43.2 Å². The fourth-order valence-corrected chi connectivity index (χ4v) is 3.00. The molecule has 1 rings (SSSR count). The predicted octanol–water partition coefficient (Wildman–Crippen LogP) is 1.51. The van der Waals surface area contributed by atoms with Crippen LogP contribution < -0.4 is 5.32 Å². The van der Waals surface area contributed by atoms with E-state index >= 15 is 0 Å². The summed E-state index contributed by atoms with van der Waals surface area (Å²) in [5.74, 6) is 1.68. The average molecular weight is 241 g/mol. The SMILES string of the molecule is CCC(CNC)CN(C)CC1CCCN(C)C1. The molecule has 1 saturated heterocycles. The standard InChI is InChI=1S/C14H31N3/c1-5-13(9-15-2)10-17(4)12-14-7-6-8-16(3)11-14/h13-15H,5-12H2,1-4H3. The van der Waals surface area contributed by atoms with Crippen molar-refractivity contribution in [2.75, 3.05) is 53.9 Å². The van der Waals surface area contributed by atoms with Crippen LogP contribution in [0.2, 0.25) is 0 Å². The van der Waals surface area contributed by atoms with Gasteiger partial charge in [0, 0.05) is 19.6 Å². The lowest BCUT2D eigenvalue weighted by Crippen LogP contribution is -2.40. The Bertz CT molecular complexity index is 196. The van der Waals surface area contributed by atoms with Crippen molar-refractivity contribution in [3.05, 3.63) is 0 Å². The van der Waals surface area contributed by atoms with Gasteiger partial charge in [0.25, 0.3) is 0 Å². The lowest BCUT2D eigenvalue weighted by Gasteiger charge is -2.33. The van der Waals surface area contributed by atoms with Crippen molar-refractivity contribution in [3.8, 4) is 0 Å². The van der Waals surface area contributed by atoms with Gasteiger partial charge in [-0.3, -0.25) is 0 Å². The molecule has 1 fully saturated rings. The van der Waals surface area contributed by atoms with E-state index in [0.29, 0.717) is 0 Å². The van der Waals surface area contributed by atoms with Crippen LogP contribution in [0.15, 0.2) is 0 Å². The minimum atomic E-state index is 0.798. The Morgan fingerprint density at radius 2 is 2.24 bits per heavy atom. The van der Waals surface area contributed by atoms with E-state index in [4.69, 9.17) is 0 Å². The van der Waals surface area contributed by atoms with Gasteiger partial charge in [0.2, 0.25) is 0 Å². The normalized spacial score (nSPS) is 24.2. The lowest BCUT2D eigenvalue weighted by molar-refractivity contribution is 0.155. The fraction of sp³-hybridized carbons (Fsp3) is 1.00. The second-order valence-corrected chi connectivity index (χ2v) is 5.82. The molecule has 0 aromatic rings. The average Bonchev–Trinajstić information content (AvgIpc) is 2.28. The van der Waals surface area contributed by atoms with Crippen LogP contribution in [-0.2, 0) is 0 Å². The third kappa shape index (κ3) is 5.84. The zero-order chi connectivity index (χ0) is 12.7. The summed E-state index contributed by atoms with van der Waals surface area (Å²) in [6.07, 6.45) is 4.07. The van der Waals surface area contributed by atoms with E-state index in [0.717, 1.165) is 18.4 Å². The molecule has 0 bridgehead atoms. The number of hydrogen-bond acceptors (Lipinski definition) is 3. The van der Waals surface area contributed by atoms with Crippen molar-refractivity contribution in [3.63, 3.8) is 0 Å². The van der Waals surface area contributed by atoms with Crippen LogP contribution in [0.4, 0.5) is 0 Å². The van der Waals surface area contributed by atoms with Crippen molar-refractivity contribution in [2.45, 2.75) is 26.2 Å². The summed E-state index contributed by atoms with van der Waals surface area (Å²) in [7, 11) is 6.59. The minimum Gasteiger partial charge on any atom is -0.319 e. The van der Waals surface area contributed by atoms with Crippen LogP contribution in [0.5, 0.6) is 0 Å². The summed E-state index contributed by atoms with van der Waals surface area (Å²) in [5, 5.41) is 3.30. The summed E-state index contributed by atoms with van der Waals surface area (Å²) >= 11 is 0. The van der Waals surface area contributed by atoms with E-state index in [1.165, 1.54) is 45.4 Å². The molecule has 3 nitrogen and oxygen atoms in total. The Hall–Kier alpha value is -0.120. The van der Waals surface area contributed by atoms with Crippen LogP contribution in [0.25, 0.3) is 0 Å². The topological polar surface area (TPSA) is 18.5 Å². The van der Waals surface area contributed by atoms with E-state index in [1.807, 2.05) is 0 Å². The highest BCUT2D eigenvalue weighted by Gasteiger charge is 2.19. The molecule has 1 aliphatic rings. The molecule has 0 aromatic heterocycles. The highest BCUT2D eigenvalue weighted by Crippen LogP contribution is 2.16. The Kier molecular flexibility index (Phi) is 7.09. The third-order valence-electron chi connectivity index (χ3n) is 3.93. The first-order valence-electron chi connectivity index (χ1n) is 7.17. The summed E-state index contributed by atoms with van der Waals surface area (Å²) in [5.41, 5.74) is 0. The molecule has 2 unspecified atom stereocenters. The largest absolute Gasteiger partial charge is 0.319 e. The highest BCUT2D eigenvalue weighted by atomic mass is 15.1. The number of rotatable bonds is 7. The molecule has 0 radical (unpaired) electrons. The first-order valence-corrected chi connectivity index (χ1v) is 7.17. The summed E-state index contributed by atoms with van der Waals surface area (Å²) in [6.45, 7) is 8.52. The molecule has 0 aliphatic carbocycles. The number of nitrogens with zero attached hydrogens (tertiary/aromatic N) is 2. The molecule has 1 N–H and O–H groups in total.